The van der Waals surface area contributed by atoms with Gasteiger partial charge < -0.3 is 15.2 Å². The van der Waals surface area contributed by atoms with Crippen LogP contribution in [-0.2, 0) is 4.79 Å². The molecule has 3 amide bonds. The van der Waals surface area contributed by atoms with Gasteiger partial charge in [0, 0.05) is 11.3 Å². The lowest BCUT2D eigenvalue weighted by atomic mass is 10.1. The Bertz CT molecular complexity index is 1300. The largest absolute Gasteiger partial charge is 0.482 e. The van der Waals surface area contributed by atoms with Crippen molar-refractivity contribution in [3.63, 3.8) is 0 Å². The normalized spacial score (nSPS) is 12.5. The first-order chi connectivity index (χ1) is 15.7. The quantitative estimate of drug-likeness (QED) is 0.559. The lowest BCUT2D eigenvalue weighted by molar-refractivity contribution is -0.139. The second kappa shape index (κ2) is 8.58. The van der Waals surface area contributed by atoms with Gasteiger partial charge in [-0.25, -0.2) is 9.69 Å². The van der Waals surface area contributed by atoms with Crippen LogP contribution in [0.4, 0.5) is 11.4 Å². The fourth-order valence-electron chi connectivity index (χ4n) is 3.64. The first kappa shape index (κ1) is 21.8. The maximum Gasteiger partial charge on any atom is 0.341 e. The van der Waals surface area contributed by atoms with E-state index in [0.717, 1.165) is 16.0 Å². The maximum absolute atomic E-state index is 13.0. The summed E-state index contributed by atoms with van der Waals surface area (Å²) in [5, 5.41) is 11.4. The molecule has 0 aromatic heterocycles. The second-order valence-electron chi connectivity index (χ2n) is 7.66. The number of aliphatic carboxylic acids is 1. The fraction of sp³-hybridized carbons (Fsp3) is 0.120. The van der Waals surface area contributed by atoms with E-state index in [2.05, 4.69) is 5.32 Å². The molecule has 2 N–H and O–H groups in total. The third kappa shape index (κ3) is 4.31. The summed E-state index contributed by atoms with van der Waals surface area (Å²) < 4.78 is 5.06. The van der Waals surface area contributed by atoms with Gasteiger partial charge in [0.25, 0.3) is 17.7 Å². The molecular formula is C25H20N2O6. The highest BCUT2D eigenvalue weighted by Gasteiger charge is 2.37. The Balaban J connectivity index is 1.53. The zero-order chi connectivity index (χ0) is 23.7. The molecule has 0 bridgehead atoms. The highest BCUT2D eigenvalue weighted by Crippen LogP contribution is 2.31. The number of fused-ring (bicyclic) bond motifs is 1. The van der Waals surface area contributed by atoms with Crippen LogP contribution in [0.15, 0.2) is 60.7 Å². The van der Waals surface area contributed by atoms with E-state index in [1.807, 2.05) is 26.0 Å². The summed E-state index contributed by atoms with van der Waals surface area (Å²) in [5.74, 6) is -2.10. The molecule has 3 aromatic rings. The number of carbonyl (C=O) groups is 4. The van der Waals surface area contributed by atoms with Crippen LogP contribution in [0.25, 0.3) is 0 Å². The molecule has 1 aliphatic rings. The van der Waals surface area contributed by atoms with Crippen LogP contribution >= 0.6 is 0 Å². The van der Waals surface area contributed by atoms with Gasteiger partial charge in [-0.2, -0.15) is 0 Å². The van der Waals surface area contributed by atoms with Crippen molar-refractivity contribution in [1.29, 1.82) is 0 Å². The van der Waals surface area contributed by atoms with Crippen molar-refractivity contribution in [2.24, 2.45) is 0 Å². The number of ether oxygens (including phenoxy) is 1. The predicted molar refractivity (Wildman–Crippen MR) is 121 cm³/mol. The first-order valence-corrected chi connectivity index (χ1v) is 10.1. The monoisotopic (exact) mass is 444 g/mol. The van der Waals surface area contributed by atoms with E-state index in [1.165, 1.54) is 30.3 Å². The lowest BCUT2D eigenvalue weighted by Gasteiger charge is -2.16. The van der Waals surface area contributed by atoms with Crippen molar-refractivity contribution >= 4 is 35.1 Å². The molecule has 0 saturated carbocycles. The Labute approximate surface area is 189 Å². The SMILES string of the molecule is Cc1ccc(N2C(=O)c3ccc(C(=O)Nc4ccc(OCC(=O)O)cc4)cc3C2=O)c(C)c1. The van der Waals surface area contributed by atoms with Crippen molar-refractivity contribution in [1.82, 2.24) is 0 Å². The Morgan fingerprint density at radius 3 is 2.27 bits per heavy atom. The molecule has 0 unspecified atom stereocenters. The molecule has 1 heterocycles. The number of rotatable bonds is 6. The molecule has 8 nitrogen and oxygen atoms in total. The molecule has 0 atom stereocenters. The van der Waals surface area contributed by atoms with E-state index in [-0.39, 0.29) is 16.7 Å². The number of amides is 3. The number of carboxylic acids is 1. The molecule has 0 fully saturated rings. The molecule has 4 rings (SSSR count). The summed E-state index contributed by atoms with van der Waals surface area (Å²) in [5.41, 5.74) is 3.45. The average Bonchev–Trinajstić information content (AvgIpc) is 3.03. The van der Waals surface area contributed by atoms with Gasteiger partial charge in [0.1, 0.15) is 5.75 Å². The van der Waals surface area contributed by atoms with Crippen molar-refractivity contribution < 1.29 is 29.0 Å². The summed E-state index contributed by atoms with van der Waals surface area (Å²) >= 11 is 0. The van der Waals surface area contributed by atoms with E-state index in [1.54, 1.807) is 18.2 Å². The summed E-state index contributed by atoms with van der Waals surface area (Å²) in [7, 11) is 0. The van der Waals surface area contributed by atoms with Gasteiger partial charge in [-0.15, -0.1) is 0 Å². The van der Waals surface area contributed by atoms with Gasteiger partial charge in [-0.1, -0.05) is 17.7 Å². The Morgan fingerprint density at radius 1 is 0.909 bits per heavy atom. The Hall–Kier alpha value is -4.46. The zero-order valence-electron chi connectivity index (χ0n) is 17.9. The van der Waals surface area contributed by atoms with Gasteiger partial charge in [-0.05, 0) is 67.9 Å². The number of nitrogens with zero attached hydrogens (tertiary/aromatic N) is 1. The second-order valence-corrected chi connectivity index (χ2v) is 7.66. The summed E-state index contributed by atoms with van der Waals surface area (Å²) in [4.78, 5) is 50.4. The highest BCUT2D eigenvalue weighted by atomic mass is 16.5. The van der Waals surface area contributed by atoms with E-state index >= 15 is 0 Å². The molecule has 0 saturated heterocycles. The van der Waals surface area contributed by atoms with Crippen molar-refractivity contribution in [2.45, 2.75) is 13.8 Å². The number of benzene rings is 3. The summed E-state index contributed by atoms with van der Waals surface area (Å²) in [6.07, 6.45) is 0. The topological polar surface area (TPSA) is 113 Å². The smallest absolute Gasteiger partial charge is 0.341 e. The van der Waals surface area contributed by atoms with Crippen molar-refractivity contribution in [3.05, 3.63) is 88.5 Å². The molecule has 8 heteroatoms. The Kier molecular flexibility index (Phi) is 5.66. The molecule has 0 radical (unpaired) electrons. The van der Waals surface area contributed by atoms with Crippen LogP contribution < -0.4 is 15.0 Å². The minimum Gasteiger partial charge on any atom is -0.482 e. The fourth-order valence-corrected chi connectivity index (χ4v) is 3.64. The molecule has 0 aliphatic carbocycles. The highest BCUT2D eigenvalue weighted by molar-refractivity contribution is 6.35. The zero-order valence-corrected chi connectivity index (χ0v) is 17.9. The average molecular weight is 444 g/mol. The van der Waals surface area contributed by atoms with Crippen molar-refractivity contribution in [2.75, 3.05) is 16.8 Å². The molecule has 0 spiro atoms. The number of hydrogen-bond acceptors (Lipinski definition) is 5. The van der Waals surface area contributed by atoms with Gasteiger partial charge >= 0.3 is 5.97 Å². The molecular weight excluding hydrogens is 424 g/mol. The predicted octanol–water partition coefficient (Wildman–Crippen LogP) is 3.82. The molecule has 33 heavy (non-hydrogen) atoms. The number of nitrogens with one attached hydrogen (secondary N) is 1. The minimum atomic E-state index is -1.09. The van der Waals surface area contributed by atoms with Crippen LogP contribution in [0.2, 0.25) is 0 Å². The number of anilines is 2. The van der Waals surface area contributed by atoms with E-state index in [0.29, 0.717) is 17.1 Å². The third-order valence-electron chi connectivity index (χ3n) is 5.22. The lowest BCUT2D eigenvalue weighted by Crippen LogP contribution is -2.30. The standard InChI is InChI=1S/C25H20N2O6/c1-14-3-10-21(15(2)11-14)27-24(31)19-9-4-16(12-20(19)25(27)32)23(30)26-17-5-7-18(8-6-17)33-13-22(28)29/h3-12H,13H2,1-2H3,(H,26,30)(H,28,29). The number of carboxylic acid groups (broad SMARTS) is 1. The van der Waals surface area contributed by atoms with Crippen LogP contribution in [0.3, 0.4) is 0 Å². The number of carbonyl (C=O) groups excluding carboxylic acids is 3. The van der Waals surface area contributed by atoms with E-state index < -0.39 is 30.3 Å². The number of aryl methyl sites for hydroxylation is 2. The van der Waals surface area contributed by atoms with Crippen LogP contribution in [0.5, 0.6) is 5.75 Å². The van der Waals surface area contributed by atoms with Gasteiger partial charge in [0.05, 0.1) is 16.8 Å². The van der Waals surface area contributed by atoms with E-state index in [9.17, 15) is 19.2 Å². The third-order valence-corrected chi connectivity index (χ3v) is 5.22. The van der Waals surface area contributed by atoms with E-state index in [4.69, 9.17) is 9.84 Å². The minimum absolute atomic E-state index is 0.171. The van der Waals surface area contributed by atoms with Gasteiger partial charge in [0.2, 0.25) is 0 Å². The van der Waals surface area contributed by atoms with Crippen LogP contribution in [-0.4, -0.2) is 35.4 Å². The van der Waals surface area contributed by atoms with Crippen molar-refractivity contribution in [3.8, 4) is 5.75 Å². The summed E-state index contributed by atoms with van der Waals surface area (Å²) in [6, 6.07) is 16.1. The number of hydrogen-bond donors (Lipinski definition) is 2. The maximum atomic E-state index is 13.0. The molecule has 166 valence electrons. The van der Waals surface area contributed by atoms with Gasteiger partial charge in [-0.3, -0.25) is 14.4 Å². The van der Waals surface area contributed by atoms with Crippen LogP contribution in [0.1, 0.15) is 42.2 Å². The first-order valence-electron chi connectivity index (χ1n) is 10.1. The summed E-state index contributed by atoms with van der Waals surface area (Å²) in [6.45, 7) is 3.30. The molecule has 1 aliphatic heterocycles. The van der Waals surface area contributed by atoms with Crippen LogP contribution in [0, 0.1) is 13.8 Å². The van der Waals surface area contributed by atoms with Gasteiger partial charge in [0.15, 0.2) is 6.61 Å². The Morgan fingerprint density at radius 2 is 1.61 bits per heavy atom. The molecule has 3 aromatic carbocycles. The number of imide groups is 1.